The molecule has 0 radical (unpaired) electrons. The zero-order chi connectivity index (χ0) is 16.6. The number of carboxylic acids is 1. The summed E-state index contributed by atoms with van der Waals surface area (Å²) >= 11 is 4.38. The van der Waals surface area contributed by atoms with Crippen molar-refractivity contribution in [1.82, 2.24) is 0 Å². The fraction of sp³-hybridized carbons (Fsp3) is 0.588. The molecule has 1 aromatic rings. The Morgan fingerprint density at radius 3 is 1.62 bits per heavy atom. The number of benzene rings is 1. The van der Waals surface area contributed by atoms with Crippen LogP contribution >= 0.6 is 12.6 Å². The van der Waals surface area contributed by atoms with E-state index in [1.165, 1.54) is 5.56 Å². The van der Waals surface area contributed by atoms with E-state index >= 15 is 0 Å². The SMILES string of the molecule is CC(C)(C)C(S)(C(=O)O)C(C)(C)C.Oc1ccc2cc1C2. The Morgan fingerprint density at radius 1 is 1.10 bits per heavy atom. The van der Waals surface area contributed by atoms with Crippen LogP contribution in [0.4, 0.5) is 0 Å². The van der Waals surface area contributed by atoms with Crippen LogP contribution in [0.5, 0.6) is 5.75 Å². The molecule has 2 bridgehead atoms. The molecule has 21 heavy (non-hydrogen) atoms. The van der Waals surface area contributed by atoms with E-state index in [2.05, 4.69) is 12.6 Å². The lowest BCUT2D eigenvalue weighted by molar-refractivity contribution is -0.147. The van der Waals surface area contributed by atoms with Gasteiger partial charge in [-0.05, 0) is 28.0 Å². The normalized spacial score (nSPS) is 13.9. The van der Waals surface area contributed by atoms with Crippen molar-refractivity contribution >= 4 is 18.6 Å². The van der Waals surface area contributed by atoms with Crippen LogP contribution in [0.25, 0.3) is 0 Å². The molecule has 0 aliphatic heterocycles. The van der Waals surface area contributed by atoms with Crippen LogP contribution in [0.2, 0.25) is 0 Å². The summed E-state index contributed by atoms with van der Waals surface area (Å²) in [6, 6.07) is 5.70. The molecule has 0 aromatic heterocycles. The summed E-state index contributed by atoms with van der Waals surface area (Å²) in [5.41, 5.74) is 1.67. The first kappa shape index (κ1) is 17.9. The zero-order valence-electron chi connectivity index (χ0n) is 13.7. The van der Waals surface area contributed by atoms with Crippen LogP contribution in [-0.2, 0) is 11.2 Å². The molecule has 3 nitrogen and oxygen atoms in total. The van der Waals surface area contributed by atoms with Crippen LogP contribution in [0.15, 0.2) is 18.2 Å². The number of aliphatic carboxylic acids is 1. The van der Waals surface area contributed by atoms with Crippen LogP contribution < -0.4 is 0 Å². The molecule has 0 amide bonds. The van der Waals surface area contributed by atoms with E-state index < -0.39 is 10.7 Å². The number of rotatable bonds is 1. The van der Waals surface area contributed by atoms with E-state index in [4.69, 9.17) is 5.11 Å². The van der Waals surface area contributed by atoms with E-state index in [0.29, 0.717) is 5.75 Å². The first-order valence-electron chi connectivity index (χ1n) is 7.07. The fourth-order valence-electron chi connectivity index (χ4n) is 2.75. The van der Waals surface area contributed by atoms with Gasteiger partial charge in [0, 0.05) is 6.42 Å². The molecular weight excluding hydrogens is 284 g/mol. The average Bonchev–Trinajstić information content (AvgIpc) is 2.24. The summed E-state index contributed by atoms with van der Waals surface area (Å²) in [7, 11) is 0. The van der Waals surface area contributed by atoms with Gasteiger partial charge in [-0.25, -0.2) is 0 Å². The minimum atomic E-state index is -1.01. The second-order valence-corrected chi connectivity index (χ2v) is 8.33. The lowest BCUT2D eigenvalue weighted by Crippen LogP contribution is -2.54. The summed E-state index contributed by atoms with van der Waals surface area (Å²) in [5.74, 6) is -0.407. The molecule has 0 fully saturated rings. The van der Waals surface area contributed by atoms with Gasteiger partial charge in [0.2, 0.25) is 0 Å². The molecule has 0 unspecified atom stereocenters. The quantitative estimate of drug-likeness (QED) is 0.694. The number of phenolic OH excluding ortho intramolecular Hbond substituents is 1. The van der Waals surface area contributed by atoms with Gasteiger partial charge in [0.1, 0.15) is 10.5 Å². The highest BCUT2D eigenvalue weighted by Gasteiger charge is 2.54. The van der Waals surface area contributed by atoms with Crippen LogP contribution in [0.1, 0.15) is 52.7 Å². The van der Waals surface area contributed by atoms with Gasteiger partial charge >= 0.3 is 5.97 Å². The third kappa shape index (κ3) is 3.37. The highest BCUT2D eigenvalue weighted by Crippen LogP contribution is 2.48. The standard InChI is InChI=1S/C10H20O2S.C7H6O/c1-8(2,3)10(13,7(11)12)9(4,5)6;8-7-2-1-5-3-6(7)4-5/h13H,1-6H3,(H,11,12);1-3,8H,4H2. The molecule has 1 aromatic carbocycles. The van der Waals surface area contributed by atoms with Crippen LogP contribution in [-0.4, -0.2) is 20.9 Å². The number of hydrogen-bond acceptors (Lipinski definition) is 3. The minimum Gasteiger partial charge on any atom is -0.508 e. The van der Waals surface area contributed by atoms with Gasteiger partial charge in [-0.15, -0.1) is 0 Å². The third-order valence-corrected chi connectivity index (χ3v) is 5.55. The van der Waals surface area contributed by atoms with Crippen molar-refractivity contribution in [3.05, 3.63) is 29.3 Å². The molecule has 2 aliphatic rings. The monoisotopic (exact) mass is 310 g/mol. The van der Waals surface area contributed by atoms with Crippen LogP contribution in [0, 0.1) is 10.8 Å². The van der Waals surface area contributed by atoms with E-state index in [1.54, 1.807) is 6.07 Å². The predicted molar refractivity (Wildman–Crippen MR) is 89.2 cm³/mol. The van der Waals surface area contributed by atoms with E-state index in [1.807, 2.05) is 53.7 Å². The molecule has 118 valence electrons. The van der Waals surface area contributed by atoms with Crippen molar-refractivity contribution in [3.8, 4) is 5.75 Å². The second kappa shape index (κ2) is 5.56. The highest BCUT2D eigenvalue weighted by atomic mass is 32.1. The molecule has 0 saturated heterocycles. The zero-order valence-corrected chi connectivity index (χ0v) is 14.6. The summed E-state index contributed by atoms with van der Waals surface area (Å²) < 4.78 is -1.01. The largest absolute Gasteiger partial charge is 0.508 e. The first-order valence-corrected chi connectivity index (χ1v) is 7.52. The van der Waals surface area contributed by atoms with Gasteiger partial charge in [-0.1, -0.05) is 53.7 Å². The minimum absolute atomic E-state index is 0.375. The Labute approximate surface area is 132 Å². The van der Waals surface area contributed by atoms with Gasteiger partial charge < -0.3 is 10.2 Å². The second-order valence-electron chi connectivity index (χ2n) is 7.66. The molecular formula is C17H26O3S. The van der Waals surface area contributed by atoms with Gasteiger partial charge in [0.15, 0.2) is 0 Å². The van der Waals surface area contributed by atoms with Gasteiger partial charge in [-0.2, -0.15) is 12.6 Å². The predicted octanol–water partition coefficient (Wildman–Crippen LogP) is 4.13. The number of phenols is 1. The molecule has 2 aliphatic carbocycles. The van der Waals surface area contributed by atoms with Crippen molar-refractivity contribution in [2.45, 2.75) is 52.7 Å². The fourth-order valence-corrected chi connectivity index (χ4v) is 2.75. The number of carboxylic acid groups (broad SMARTS) is 1. The van der Waals surface area contributed by atoms with E-state index in [-0.39, 0.29) is 10.8 Å². The Kier molecular flexibility index (Phi) is 4.74. The van der Waals surface area contributed by atoms with Crippen molar-refractivity contribution in [1.29, 1.82) is 0 Å². The Hall–Kier alpha value is -1.16. The van der Waals surface area contributed by atoms with Gasteiger partial charge in [0.25, 0.3) is 0 Å². The maximum Gasteiger partial charge on any atom is 0.320 e. The maximum atomic E-state index is 11.2. The lowest BCUT2D eigenvalue weighted by Gasteiger charge is -2.46. The Morgan fingerprint density at radius 2 is 1.52 bits per heavy atom. The van der Waals surface area contributed by atoms with E-state index in [0.717, 1.165) is 12.0 Å². The highest BCUT2D eigenvalue weighted by molar-refractivity contribution is 7.82. The van der Waals surface area contributed by atoms with Crippen molar-refractivity contribution in [3.63, 3.8) is 0 Å². The lowest BCUT2D eigenvalue weighted by atomic mass is 9.65. The summed E-state index contributed by atoms with van der Waals surface area (Å²) in [4.78, 5) is 11.2. The Bertz CT molecular complexity index is 513. The molecule has 4 heteroatoms. The molecule has 0 saturated carbocycles. The molecule has 0 spiro atoms. The first-order chi connectivity index (χ1) is 9.30. The number of thiol groups is 1. The summed E-state index contributed by atoms with van der Waals surface area (Å²) in [5, 5.41) is 18.2. The van der Waals surface area contributed by atoms with Crippen LogP contribution in [0.3, 0.4) is 0 Å². The average molecular weight is 310 g/mol. The van der Waals surface area contributed by atoms with Crippen molar-refractivity contribution < 1.29 is 15.0 Å². The van der Waals surface area contributed by atoms with Crippen molar-refractivity contribution in [2.24, 2.45) is 10.8 Å². The number of hydrogen-bond donors (Lipinski definition) is 3. The Balaban J connectivity index is 0.000000230. The van der Waals surface area contributed by atoms with Gasteiger partial charge in [0.05, 0.1) is 0 Å². The number of aromatic hydroxyl groups is 1. The number of fused-ring (bicyclic) bond motifs is 2. The molecule has 0 heterocycles. The topological polar surface area (TPSA) is 57.5 Å². The molecule has 0 atom stereocenters. The molecule has 3 rings (SSSR count). The van der Waals surface area contributed by atoms with Gasteiger partial charge in [-0.3, -0.25) is 4.79 Å². The molecule has 2 N–H and O–H groups in total. The van der Waals surface area contributed by atoms with Crippen molar-refractivity contribution in [2.75, 3.05) is 0 Å². The van der Waals surface area contributed by atoms with E-state index in [9.17, 15) is 9.90 Å². The maximum absolute atomic E-state index is 11.2. The summed E-state index contributed by atoms with van der Waals surface area (Å²) in [6.45, 7) is 11.4. The smallest absolute Gasteiger partial charge is 0.320 e. The summed E-state index contributed by atoms with van der Waals surface area (Å²) in [6.07, 6.45) is 0.975. The number of carbonyl (C=O) groups is 1. The third-order valence-electron chi connectivity index (χ3n) is 4.02.